The van der Waals surface area contributed by atoms with Gasteiger partial charge in [0.25, 0.3) is 0 Å². The van der Waals surface area contributed by atoms with Crippen molar-refractivity contribution < 1.29 is 0 Å². The third-order valence-electron chi connectivity index (χ3n) is 6.72. The Morgan fingerprint density at radius 3 is 2.32 bits per heavy atom. The first kappa shape index (κ1) is 21.3. The van der Waals surface area contributed by atoms with Crippen molar-refractivity contribution in [1.29, 1.82) is 0 Å². The summed E-state index contributed by atoms with van der Waals surface area (Å²) in [5.41, 5.74) is 10.1. The lowest BCUT2D eigenvalue weighted by atomic mass is 10.0. The lowest BCUT2D eigenvalue weighted by Gasteiger charge is -2.13. The Kier molecular flexibility index (Phi) is 4.75. The van der Waals surface area contributed by atoms with Crippen molar-refractivity contribution in [3.05, 3.63) is 115 Å². The van der Waals surface area contributed by atoms with Crippen molar-refractivity contribution in [1.82, 2.24) is 33.9 Å². The quantitative estimate of drug-likeness (QED) is 0.300. The van der Waals surface area contributed by atoms with E-state index in [1.165, 1.54) is 5.56 Å². The van der Waals surface area contributed by atoms with Gasteiger partial charge in [0, 0.05) is 0 Å². The van der Waals surface area contributed by atoms with Gasteiger partial charge in [0.05, 0.1) is 33.7 Å². The molecule has 0 aliphatic carbocycles. The van der Waals surface area contributed by atoms with Crippen molar-refractivity contribution in [3.63, 3.8) is 0 Å². The minimum atomic E-state index is 0.821. The van der Waals surface area contributed by atoms with Gasteiger partial charge in [-0.1, -0.05) is 60.2 Å². The van der Waals surface area contributed by atoms with Crippen LogP contribution in [0.15, 0.2) is 104 Å². The molecular weight excluding hydrogens is 458 g/mol. The Morgan fingerprint density at radius 1 is 0.757 bits per heavy atom. The molecular formula is C30H23N7. The van der Waals surface area contributed by atoms with E-state index in [2.05, 4.69) is 69.9 Å². The predicted octanol–water partition coefficient (Wildman–Crippen LogP) is 6.20. The molecule has 0 spiro atoms. The summed E-state index contributed by atoms with van der Waals surface area (Å²) in [7, 11) is 0. The Hall–Kier alpha value is -5.04. The summed E-state index contributed by atoms with van der Waals surface area (Å²) in [5.74, 6) is 0.821. The van der Waals surface area contributed by atoms with E-state index in [0.717, 1.165) is 56.3 Å². The van der Waals surface area contributed by atoms with Crippen LogP contribution >= 0.6 is 0 Å². The molecule has 0 fully saturated rings. The zero-order chi connectivity index (χ0) is 24.9. The van der Waals surface area contributed by atoms with Crippen LogP contribution in [0.25, 0.3) is 50.6 Å². The second-order valence-corrected chi connectivity index (χ2v) is 9.16. The van der Waals surface area contributed by atoms with Crippen LogP contribution in [-0.2, 0) is 0 Å². The van der Waals surface area contributed by atoms with Gasteiger partial charge in [-0.15, -0.1) is 0 Å². The van der Waals surface area contributed by atoms with Crippen LogP contribution in [0.5, 0.6) is 0 Å². The summed E-state index contributed by atoms with van der Waals surface area (Å²) >= 11 is 0. The van der Waals surface area contributed by atoms with Gasteiger partial charge >= 0.3 is 0 Å². The Morgan fingerprint density at radius 2 is 1.54 bits per heavy atom. The Labute approximate surface area is 213 Å². The number of rotatable bonds is 4. The molecule has 0 amide bonds. The number of aromatic nitrogens is 7. The van der Waals surface area contributed by atoms with Crippen LogP contribution in [-0.4, -0.2) is 33.9 Å². The molecule has 3 aromatic carbocycles. The summed E-state index contributed by atoms with van der Waals surface area (Å²) < 4.78 is 5.93. The van der Waals surface area contributed by atoms with Crippen molar-refractivity contribution in [3.8, 4) is 33.9 Å². The lowest BCUT2D eigenvalue weighted by Crippen LogP contribution is -2.07. The number of nitrogens with zero attached hydrogens (tertiary/aromatic N) is 7. The number of hydrogen-bond acceptors (Lipinski definition) is 4. The first-order valence-electron chi connectivity index (χ1n) is 12.2. The van der Waals surface area contributed by atoms with E-state index in [9.17, 15) is 0 Å². The summed E-state index contributed by atoms with van der Waals surface area (Å²) in [6.07, 6.45) is 3.26. The van der Waals surface area contributed by atoms with Crippen molar-refractivity contribution in [2.75, 3.05) is 0 Å². The first-order valence-corrected chi connectivity index (χ1v) is 12.2. The third-order valence-corrected chi connectivity index (χ3v) is 6.72. The normalized spacial score (nSPS) is 11.5. The van der Waals surface area contributed by atoms with Crippen LogP contribution in [0, 0.1) is 13.8 Å². The molecule has 7 nitrogen and oxygen atoms in total. The van der Waals surface area contributed by atoms with Gasteiger partial charge < -0.3 is 0 Å². The smallest absolute Gasteiger partial charge is 0.168 e. The van der Waals surface area contributed by atoms with Gasteiger partial charge in [0.1, 0.15) is 18.3 Å². The summed E-state index contributed by atoms with van der Waals surface area (Å²) in [5, 5.41) is 9.51. The molecule has 7 heteroatoms. The highest BCUT2D eigenvalue weighted by Gasteiger charge is 2.24. The molecule has 178 valence electrons. The van der Waals surface area contributed by atoms with Gasteiger partial charge in [0.2, 0.25) is 0 Å². The third kappa shape index (κ3) is 3.43. The van der Waals surface area contributed by atoms with E-state index in [1.54, 1.807) is 17.3 Å². The molecule has 0 atom stereocenters. The van der Waals surface area contributed by atoms with Gasteiger partial charge in [-0.05, 0) is 61.4 Å². The molecule has 0 saturated heterocycles. The molecule has 7 rings (SSSR count). The minimum Gasteiger partial charge on any atom is -0.292 e. The number of hydrogen-bond donors (Lipinski definition) is 0. The van der Waals surface area contributed by atoms with Crippen molar-refractivity contribution in [2.45, 2.75) is 13.8 Å². The van der Waals surface area contributed by atoms with E-state index >= 15 is 0 Å². The van der Waals surface area contributed by atoms with E-state index in [4.69, 9.17) is 10.1 Å². The highest BCUT2D eigenvalue weighted by Crippen LogP contribution is 2.37. The molecule has 0 saturated carbocycles. The van der Waals surface area contributed by atoms with E-state index < -0.39 is 0 Å². The standard InChI is InChI=1S/C30H23N7/c1-20-12-14-22(15-13-20)23-16-27(36-26-11-7-6-10-25(26)33-28(36)17-23)29-21(2)34-37(24-8-4-3-5-9-24)30(29)35-19-31-18-32-35/h3-19H,1-2H3. The predicted molar refractivity (Wildman–Crippen MR) is 145 cm³/mol. The van der Waals surface area contributed by atoms with Crippen LogP contribution in [0.4, 0.5) is 0 Å². The Balaban J connectivity index is 1.61. The van der Waals surface area contributed by atoms with Gasteiger partial charge in [-0.2, -0.15) is 10.2 Å². The van der Waals surface area contributed by atoms with Gasteiger partial charge in [-0.3, -0.25) is 4.40 Å². The molecule has 4 heterocycles. The van der Waals surface area contributed by atoms with E-state index in [-0.39, 0.29) is 0 Å². The summed E-state index contributed by atoms with van der Waals surface area (Å²) in [4.78, 5) is 9.24. The van der Waals surface area contributed by atoms with Gasteiger partial charge in [0.15, 0.2) is 5.82 Å². The maximum Gasteiger partial charge on any atom is 0.168 e. The number of benzene rings is 3. The largest absolute Gasteiger partial charge is 0.292 e. The highest BCUT2D eigenvalue weighted by molar-refractivity contribution is 5.88. The maximum atomic E-state index is 4.99. The monoisotopic (exact) mass is 481 g/mol. The zero-order valence-electron chi connectivity index (χ0n) is 20.4. The maximum absolute atomic E-state index is 4.99. The second kappa shape index (κ2) is 8.27. The number of fused-ring (bicyclic) bond motifs is 3. The number of para-hydroxylation sites is 3. The average molecular weight is 482 g/mol. The van der Waals surface area contributed by atoms with Crippen LogP contribution in [0.3, 0.4) is 0 Å². The number of pyridine rings is 1. The molecule has 0 N–H and O–H groups in total. The SMILES string of the molecule is Cc1ccc(-c2cc(-c3c(C)nn(-c4ccccc4)c3-n3cncn3)n3c(c2)nc2ccccc23)cc1. The molecule has 37 heavy (non-hydrogen) atoms. The van der Waals surface area contributed by atoms with E-state index in [1.807, 2.05) is 54.1 Å². The molecule has 0 unspecified atom stereocenters. The van der Waals surface area contributed by atoms with Gasteiger partial charge in [-0.25, -0.2) is 19.3 Å². The summed E-state index contributed by atoms with van der Waals surface area (Å²) in [6, 6.07) is 31.3. The Bertz CT molecular complexity index is 1880. The average Bonchev–Trinajstić information content (AvgIpc) is 3.66. The number of aryl methyl sites for hydroxylation is 2. The van der Waals surface area contributed by atoms with Crippen molar-refractivity contribution in [2.24, 2.45) is 0 Å². The fraction of sp³-hybridized carbons (Fsp3) is 0.0667. The summed E-state index contributed by atoms with van der Waals surface area (Å²) in [6.45, 7) is 4.14. The lowest BCUT2D eigenvalue weighted by molar-refractivity contribution is 0.760. The highest BCUT2D eigenvalue weighted by atomic mass is 15.4. The second-order valence-electron chi connectivity index (χ2n) is 9.16. The van der Waals surface area contributed by atoms with Crippen LogP contribution in [0.2, 0.25) is 0 Å². The fourth-order valence-electron chi connectivity index (χ4n) is 4.98. The molecule has 0 radical (unpaired) electrons. The molecule has 0 aliphatic heterocycles. The zero-order valence-corrected chi connectivity index (χ0v) is 20.4. The van der Waals surface area contributed by atoms with Crippen LogP contribution in [0.1, 0.15) is 11.3 Å². The molecule has 4 aromatic heterocycles. The fourth-order valence-corrected chi connectivity index (χ4v) is 4.98. The topological polar surface area (TPSA) is 65.8 Å². The minimum absolute atomic E-state index is 0.821. The number of imidazole rings is 1. The first-order chi connectivity index (χ1) is 18.2. The van der Waals surface area contributed by atoms with E-state index in [0.29, 0.717) is 0 Å². The molecule has 7 aromatic rings. The molecule has 0 aliphatic rings. The van der Waals surface area contributed by atoms with Crippen molar-refractivity contribution >= 4 is 16.7 Å². The van der Waals surface area contributed by atoms with Crippen LogP contribution < -0.4 is 0 Å². The molecule has 0 bridgehead atoms.